The van der Waals surface area contributed by atoms with Crippen LogP contribution in [-0.2, 0) is 16.0 Å². The molecule has 0 spiro atoms. The SMILES string of the molecule is CC1(C)[C@H](NC(=O)CCc2ccc(F)cc2)[C@@H]2CCCO[C@H]21. The van der Waals surface area contributed by atoms with Gasteiger partial charge in [-0.25, -0.2) is 4.39 Å². The zero-order chi connectivity index (χ0) is 15.7. The summed E-state index contributed by atoms with van der Waals surface area (Å²) >= 11 is 0. The third kappa shape index (κ3) is 2.89. The predicted octanol–water partition coefficient (Wildman–Crippen LogP) is 3.08. The Morgan fingerprint density at radius 3 is 2.82 bits per heavy atom. The lowest BCUT2D eigenvalue weighted by Gasteiger charge is -2.59. The van der Waals surface area contributed by atoms with Gasteiger partial charge >= 0.3 is 0 Å². The molecule has 1 amide bonds. The minimum atomic E-state index is -0.243. The van der Waals surface area contributed by atoms with Gasteiger partial charge in [0.05, 0.1) is 6.10 Å². The van der Waals surface area contributed by atoms with Crippen molar-refractivity contribution < 1.29 is 13.9 Å². The van der Waals surface area contributed by atoms with Crippen molar-refractivity contribution in [2.75, 3.05) is 6.61 Å². The molecule has 1 aromatic carbocycles. The molecule has 2 aliphatic rings. The molecule has 0 unspecified atom stereocenters. The molecule has 3 atom stereocenters. The first kappa shape index (κ1) is 15.5. The molecule has 3 nitrogen and oxygen atoms in total. The Balaban J connectivity index is 1.52. The summed E-state index contributed by atoms with van der Waals surface area (Å²) in [4.78, 5) is 12.2. The number of hydrogen-bond donors (Lipinski definition) is 1. The summed E-state index contributed by atoms with van der Waals surface area (Å²) in [6.07, 6.45) is 3.58. The number of carbonyl (C=O) groups is 1. The van der Waals surface area contributed by atoms with Crippen molar-refractivity contribution in [3.05, 3.63) is 35.6 Å². The molecule has 0 bridgehead atoms. The van der Waals surface area contributed by atoms with E-state index in [4.69, 9.17) is 4.74 Å². The van der Waals surface area contributed by atoms with Crippen LogP contribution in [0.5, 0.6) is 0 Å². The maximum Gasteiger partial charge on any atom is 0.220 e. The second kappa shape index (κ2) is 5.99. The number of hydrogen-bond acceptors (Lipinski definition) is 2. The first-order valence-corrected chi connectivity index (χ1v) is 8.14. The van der Waals surface area contributed by atoms with Gasteiger partial charge in [0.15, 0.2) is 0 Å². The van der Waals surface area contributed by atoms with Gasteiger partial charge in [-0.3, -0.25) is 4.79 Å². The van der Waals surface area contributed by atoms with Gasteiger partial charge in [-0.2, -0.15) is 0 Å². The number of nitrogens with one attached hydrogen (secondary N) is 1. The molecule has 4 heteroatoms. The molecule has 22 heavy (non-hydrogen) atoms. The van der Waals surface area contributed by atoms with Crippen LogP contribution in [0.4, 0.5) is 4.39 Å². The fourth-order valence-electron chi connectivity index (χ4n) is 3.97. The third-order valence-electron chi connectivity index (χ3n) is 5.20. The summed E-state index contributed by atoms with van der Waals surface area (Å²) in [5.41, 5.74) is 1.000. The molecule has 1 heterocycles. The number of amides is 1. The molecule has 1 saturated carbocycles. The van der Waals surface area contributed by atoms with E-state index < -0.39 is 0 Å². The van der Waals surface area contributed by atoms with Crippen molar-refractivity contribution in [2.24, 2.45) is 11.3 Å². The summed E-state index contributed by atoms with van der Waals surface area (Å²) in [5.74, 6) is 0.290. The Kier molecular flexibility index (Phi) is 4.22. The largest absolute Gasteiger partial charge is 0.377 e. The van der Waals surface area contributed by atoms with Crippen molar-refractivity contribution in [3.8, 4) is 0 Å². The minimum Gasteiger partial charge on any atom is -0.377 e. The number of benzene rings is 1. The van der Waals surface area contributed by atoms with E-state index in [1.54, 1.807) is 12.1 Å². The maximum atomic E-state index is 12.9. The van der Waals surface area contributed by atoms with Crippen LogP contribution >= 0.6 is 0 Å². The molecule has 1 aliphatic heterocycles. The van der Waals surface area contributed by atoms with Crippen molar-refractivity contribution >= 4 is 5.91 Å². The highest BCUT2D eigenvalue weighted by molar-refractivity contribution is 5.76. The topological polar surface area (TPSA) is 38.3 Å². The second-order valence-electron chi connectivity index (χ2n) is 7.09. The zero-order valence-electron chi connectivity index (χ0n) is 13.3. The van der Waals surface area contributed by atoms with Gasteiger partial charge in [-0.05, 0) is 37.0 Å². The average Bonchev–Trinajstić information content (AvgIpc) is 2.52. The van der Waals surface area contributed by atoms with E-state index in [2.05, 4.69) is 19.2 Å². The van der Waals surface area contributed by atoms with E-state index in [-0.39, 0.29) is 29.3 Å². The lowest BCUT2D eigenvalue weighted by Crippen LogP contribution is -2.70. The Morgan fingerprint density at radius 2 is 2.09 bits per heavy atom. The molecule has 0 radical (unpaired) electrons. The van der Waals surface area contributed by atoms with Crippen molar-refractivity contribution in [2.45, 2.75) is 51.7 Å². The van der Waals surface area contributed by atoms with Crippen LogP contribution in [0, 0.1) is 17.2 Å². The predicted molar refractivity (Wildman–Crippen MR) is 82.9 cm³/mol. The van der Waals surface area contributed by atoms with Gasteiger partial charge < -0.3 is 10.1 Å². The summed E-state index contributed by atoms with van der Waals surface area (Å²) in [6.45, 7) is 5.19. The van der Waals surface area contributed by atoms with Gasteiger partial charge in [0.25, 0.3) is 0 Å². The summed E-state index contributed by atoms with van der Waals surface area (Å²) in [7, 11) is 0. The van der Waals surface area contributed by atoms with Crippen LogP contribution in [0.15, 0.2) is 24.3 Å². The lowest BCUT2D eigenvalue weighted by atomic mass is 9.55. The molecule has 3 rings (SSSR count). The quantitative estimate of drug-likeness (QED) is 0.928. The minimum absolute atomic E-state index is 0.0105. The first-order valence-electron chi connectivity index (χ1n) is 8.14. The van der Waals surface area contributed by atoms with Crippen molar-refractivity contribution in [1.29, 1.82) is 0 Å². The molecule has 2 fully saturated rings. The smallest absolute Gasteiger partial charge is 0.220 e. The highest BCUT2D eigenvalue weighted by atomic mass is 19.1. The van der Waals surface area contributed by atoms with Gasteiger partial charge in [0.1, 0.15) is 5.82 Å². The Labute approximate surface area is 131 Å². The Morgan fingerprint density at radius 1 is 1.36 bits per heavy atom. The molecule has 1 aromatic rings. The molecule has 1 aliphatic carbocycles. The van der Waals surface area contributed by atoms with E-state index in [9.17, 15) is 9.18 Å². The van der Waals surface area contributed by atoms with E-state index >= 15 is 0 Å². The van der Waals surface area contributed by atoms with E-state index in [0.29, 0.717) is 18.8 Å². The molecule has 1 saturated heterocycles. The number of aryl methyl sites for hydroxylation is 1. The molecule has 1 N–H and O–H groups in total. The molecule has 0 aromatic heterocycles. The summed E-state index contributed by atoms with van der Waals surface area (Å²) in [6, 6.07) is 6.55. The van der Waals surface area contributed by atoms with Crippen LogP contribution in [0.1, 0.15) is 38.7 Å². The van der Waals surface area contributed by atoms with Crippen LogP contribution in [0.25, 0.3) is 0 Å². The van der Waals surface area contributed by atoms with Crippen LogP contribution in [0.2, 0.25) is 0 Å². The van der Waals surface area contributed by atoms with E-state index in [1.807, 2.05) is 0 Å². The average molecular weight is 305 g/mol. The normalized spacial score (nSPS) is 29.3. The molecular weight excluding hydrogens is 281 g/mol. The number of halogens is 1. The monoisotopic (exact) mass is 305 g/mol. The van der Waals surface area contributed by atoms with Crippen molar-refractivity contribution in [3.63, 3.8) is 0 Å². The number of carbonyl (C=O) groups excluding carboxylic acids is 1. The zero-order valence-corrected chi connectivity index (χ0v) is 13.3. The summed E-state index contributed by atoms with van der Waals surface area (Å²) in [5, 5.41) is 3.19. The van der Waals surface area contributed by atoms with Crippen molar-refractivity contribution in [1.82, 2.24) is 5.32 Å². The van der Waals surface area contributed by atoms with Gasteiger partial charge in [-0.1, -0.05) is 26.0 Å². The standard InChI is InChI=1S/C18H24FNO2/c1-18(2)16(14-4-3-11-22-17(14)18)20-15(21)10-7-12-5-8-13(19)9-6-12/h5-6,8-9,14,16-17H,3-4,7,10-11H2,1-2H3,(H,20,21)/t14-,16+,17+/m0/s1. The van der Waals surface area contributed by atoms with E-state index in [1.165, 1.54) is 12.1 Å². The van der Waals surface area contributed by atoms with Crippen LogP contribution in [-0.4, -0.2) is 24.7 Å². The Hall–Kier alpha value is -1.42. The van der Waals surface area contributed by atoms with E-state index in [0.717, 1.165) is 25.0 Å². The summed E-state index contributed by atoms with van der Waals surface area (Å²) < 4.78 is 18.7. The molecule has 120 valence electrons. The third-order valence-corrected chi connectivity index (χ3v) is 5.20. The molecular formula is C18H24FNO2. The first-order chi connectivity index (χ1) is 10.5. The van der Waals surface area contributed by atoms with Gasteiger partial charge in [-0.15, -0.1) is 0 Å². The Bertz CT molecular complexity index is 541. The lowest BCUT2D eigenvalue weighted by molar-refractivity contribution is -0.193. The van der Waals surface area contributed by atoms with Crippen LogP contribution < -0.4 is 5.32 Å². The van der Waals surface area contributed by atoms with Gasteiger partial charge in [0.2, 0.25) is 5.91 Å². The number of rotatable bonds is 4. The van der Waals surface area contributed by atoms with Crippen LogP contribution in [0.3, 0.4) is 0 Å². The second-order valence-corrected chi connectivity index (χ2v) is 7.09. The highest BCUT2D eigenvalue weighted by Gasteiger charge is 2.58. The number of fused-ring (bicyclic) bond motifs is 1. The van der Waals surface area contributed by atoms with Gasteiger partial charge in [0, 0.05) is 30.4 Å². The fraction of sp³-hybridized carbons (Fsp3) is 0.611. The number of ether oxygens (including phenoxy) is 1. The fourth-order valence-corrected chi connectivity index (χ4v) is 3.97. The maximum absolute atomic E-state index is 12.9. The highest BCUT2D eigenvalue weighted by Crippen LogP contribution is 2.51.